The molecular weight excluding hydrogens is 293 g/mol. The molecular formula is C15H24FNO3S. The van der Waals surface area contributed by atoms with Gasteiger partial charge in [0.1, 0.15) is 10.7 Å². The van der Waals surface area contributed by atoms with Crippen molar-refractivity contribution >= 4 is 10.0 Å². The van der Waals surface area contributed by atoms with Crippen molar-refractivity contribution in [3.8, 4) is 0 Å². The van der Waals surface area contributed by atoms with Crippen LogP contribution in [0.3, 0.4) is 0 Å². The third-order valence-corrected chi connectivity index (χ3v) is 5.41. The number of aliphatic hydroxyl groups is 1. The molecule has 4 nitrogen and oxygen atoms in total. The SMILES string of the molecule is CCCCCN(C(C)C)S(=O)(=O)c1cc(CO)ccc1F. The number of rotatable bonds is 8. The van der Waals surface area contributed by atoms with E-state index in [1.54, 1.807) is 13.8 Å². The van der Waals surface area contributed by atoms with Crippen LogP contribution in [-0.2, 0) is 16.6 Å². The summed E-state index contributed by atoms with van der Waals surface area (Å²) in [6.07, 6.45) is 2.66. The summed E-state index contributed by atoms with van der Waals surface area (Å²) in [4.78, 5) is -0.362. The Morgan fingerprint density at radius 2 is 1.95 bits per heavy atom. The fraction of sp³-hybridized carbons (Fsp3) is 0.600. The Labute approximate surface area is 126 Å². The predicted molar refractivity (Wildman–Crippen MR) is 80.9 cm³/mol. The number of hydrogen-bond donors (Lipinski definition) is 1. The lowest BCUT2D eigenvalue weighted by molar-refractivity contribution is 0.281. The Hall–Kier alpha value is -0.980. The van der Waals surface area contributed by atoms with E-state index in [1.807, 2.05) is 6.92 Å². The third kappa shape index (κ3) is 4.49. The van der Waals surface area contributed by atoms with Crippen molar-refractivity contribution in [2.24, 2.45) is 0 Å². The minimum atomic E-state index is -3.90. The third-order valence-electron chi connectivity index (χ3n) is 3.32. The number of aliphatic hydroxyl groups excluding tert-OH is 1. The second-order valence-electron chi connectivity index (χ2n) is 5.34. The van der Waals surface area contributed by atoms with Gasteiger partial charge in [-0.25, -0.2) is 12.8 Å². The van der Waals surface area contributed by atoms with Gasteiger partial charge in [-0.2, -0.15) is 4.31 Å². The predicted octanol–water partition coefficient (Wildman–Crippen LogP) is 2.91. The largest absolute Gasteiger partial charge is 0.392 e. The summed E-state index contributed by atoms with van der Waals surface area (Å²) in [5.74, 6) is -0.784. The molecule has 0 saturated heterocycles. The van der Waals surface area contributed by atoms with Crippen molar-refractivity contribution in [3.63, 3.8) is 0 Å². The molecule has 0 aromatic heterocycles. The molecule has 0 saturated carbocycles. The molecule has 0 aliphatic rings. The first-order valence-corrected chi connectivity index (χ1v) is 8.69. The van der Waals surface area contributed by atoms with E-state index in [9.17, 15) is 12.8 Å². The van der Waals surface area contributed by atoms with Crippen molar-refractivity contribution in [3.05, 3.63) is 29.6 Å². The number of hydrogen-bond acceptors (Lipinski definition) is 3. The minimum Gasteiger partial charge on any atom is -0.392 e. The monoisotopic (exact) mass is 317 g/mol. The first-order valence-electron chi connectivity index (χ1n) is 7.25. The molecule has 1 aromatic carbocycles. The smallest absolute Gasteiger partial charge is 0.246 e. The van der Waals surface area contributed by atoms with E-state index in [1.165, 1.54) is 16.4 Å². The summed E-state index contributed by atoms with van der Waals surface area (Å²) in [6.45, 7) is 5.64. The molecule has 0 amide bonds. The zero-order valence-electron chi connectivity index (χ0n) is 12.8. The van der Waals surface area contributed by atoms with E-state index in [2.05, 4.69) is 0 Å². The lowest BCUT2D eigenvalue weighted by Crippen LogP contribution is -2.38. The number of halogens is 1. The topological polar surface area (TPSA) is 57.6 Å². The van der Waals surface area contributed by atoms with Crippen LogP contribution in [0.5, 0.6) is 0 Å². The Morgan fingerprint density at radius 3 is 2.48 bits per heavy atom. The molecule has 1 N–H and O–H groups in total. The highest BCUT2D eigenvalue weighted by molar-refractivity contribution is 7.89. The number of nitrogens with zero attached hydrogens (tertiary/aromatic N) is 1. The fourth-order valence-electron chi connectivity index (χ4n) is 2.14. The van der Waals surface area contributed by atoms with E-state index < -0.39 is 15.8 Å². The molecule has 0 fully saturated rings. The standard InChI is InChI=1S/C15H24FNO3S/c1-4-5-6-9-17(12(2)3)21(19,20)15-10-13(11-18)7-8-14(15)16/h7-8,10,12,18H,4-6,9,11H2,1-3H3. The molecule has 120 valence electrons. The van der Waals surface area contributed by atoms with E-state index >= 15 is 0 Å². The van der Waals surface area contributed by atoms with Crippen LogP contribution in [0.4, 0.5) is 4.39 Å². The van der Waals surface area contributed by atoms with Gasteiger partial charge in [-0.3, -0.25) is 0 Å². The molecule has 0 heterocycles. The summed E-state index contributed by atoms with van der Waals surface area (Å²) in [7, 11) is -3.90. The average molecular weight is 317 g/mol. The summed E-state index contributed by atoms with van der Waals surface area (Å²) in [6, 6.07) is 3.43. The molecule has 0 spiro atoms. The van der Waals surface area contributed by atoms with Crippen LogP contribution in [0.2, 0.25) is 0 Å². The van der Waals surface area contributed by atoms with Crippen LogP contribution < -0.4 is 0 Å². The first-order chi connectivity index (χ1) is 9.84. The lowest BCUT2D eigenvalue weighted by atomic mass is 10.2. The maximum atomic E-state index is 13.9. The van der Waals surface area contributed by atoms with Gasteiger partial charge < -0.3 is 5.11 Å². The Kier molecular flexibility index (Phi) is 6.77. The summed E-state index contributed by atoms with van der Waals surface area (Å²) in [5.41, 5.74) is 0.382. The summed E-state index contributed by atoms with van der Waals surface area (Å²) >= 11 is 0. The van der Waals surface area contributed by atoms with Crippen LogP contribution in [0.1, 0.15) is 45.6 Å². The first kappa shape index (κ1) is 18.1. The minimum absolute atomic E-state index is 0.246. The average Bonchev–Trinajstić information content (AvgIpc) is 2.43. The van der Waals surface area contributed by atoms with Crippen molar-refractivity contribution in [1.29, 1.82) is 0 Å². The second-order valence-corrected chi connectivity index (χ2v) is 7.20. The highest BCUT2D eigenvalue weighted by Crippen LogP contribution is 2.23. The van der Waals surface area contributed by atoms with Gasteiger partial charge in [-0.05, 0) is 38.0 Å². The molecule has 1 rings (SSSR count). The quantitative estimate of drug-likeness (QED) is 0.750. The van der Waals surface area contributed by atoms with Crippen molar-refractivity contribution < 1.29 is 17.9 Å². The maximum absolute atomic E-state index is 13.9. The molecule has 0 radical (unpaired) electrons. The van der Waals surface area contributed by atoms with Gasteiger partial charge in [0.25, 0.3) is 0 Å². The van der Waals surface area contributed by atoms with E-state index in [0.717, 1.165) is 25.3 Å². The Morgan fingerprint density at radius 1 is 1.29 bits per heavy atom. The van der Waals surface area contributed by atoms with Gasteiger partial charge in [0, 0.05) is 12.6 Å². The second kappa shape index (κ2) is 7.87. The lowest BCUT2D eigenvalue weighted by Gasteiger charge is -2.26. The van der Waals surface area contributed by atoms with Crippen LogP contribution in [0.15, 0.2) is 23.1 Å². The Bertz CT molecular complexity index is 558. The van der Waals surface area contributed by atoms with E-state index in [0.29, 0.717) is 12.1 Å². The van der Waals surface area contributed by atoms with Crippen molar-refractivity contribution in [1.82, 2.24) is 4.31 Å². The molecule has 0 unspecified atom stereocenters. The van der Waals surface area contributed by atoms with Gasteiger partial charge in [0.2, 0.25) is 10.0 Å². The van der Waals surface area contributed by atoms with Gasteiger partial charge in [0.05, 0.1) is 6.61 Å². The summed E-state index contributed by atoms with van der Waals surface area (Å²) in [5, 5.41) is 9.11. The van der Waals surface area contributed by atoms with E-state index in [-0.39, 0.29) is 17.5 Å². The molecule has 1 aromatic rings. The van der Waals surface area contributed by atoms with Crippen molar-refractivity contribution in [2.45, 2.75) is 57.6 Å². The van der Waals surface area contributed by atoms with Crippen LogP contribution in [0, 0.1) is 5.82 Å². The zero-order chi connectivity index (χ0) is 16.0. The van der Waals surface area contributed by atoms with Crippen LogP contribution in [-0.4, -0.2) is 30.4 Å². The van der Waals surface area contributed by atoms with Crippen molar-refractivity contribution in [2.75, 3.05) is 6.54 Å². The molecule has 6 heteroatoms. The number of benzene rings is 1. The maximum Gasteiger partial charge on any atom is 0.246 e. The summed E-state index contributed by atoms with van der Waals surface area (Å²) < 4.78 is 40.6. The normalized spacial score (nSPS) is 12.3. The van der Waals surface area contributed by atoms with Gasteiger partial charge in [0.15, 0.2) is 0 Å². The van der Waals surface area contributed by atoms with Gasteiger partial charge in [-0.15, -0.1) is 0 Å². The molecule has 21 heavy (non-hydrogen) atoms. The van der Waals surface area contributed by atoms with Gasteiger partial charge in [-0.1, -0.05) is 25.8 Å². The highest BCUT2D eigenvalue weighted by atomic mass is 32.2. The molecule has 0 atom stereocenters. The molecule has 0 aliphatic heterocycles. The number of sulfonamides is 1. The molecule has 0 bridgehead atoms. The highest BCUT2D eigenvalue weighted by Gasteiger charge is 2.29. The van der Waals surface area contributed by atoms with Gasteiger partial charge >= 0.3 is 0 Å². The van der Waals surface area contributed by atoms with E-state index in [4.69, 9.17) is 5.11 Å². The zero-order valence-corrected chi connectivity index (χ0v) is 13.7. The van der Waals surface area contributed by atoms with Crippen LogP contribution in [0.25, 0.3) is 0 Å². The molecule has 0 aliphatic carbocycles. The van der Waals surface area contributed by atoms with Crippen LogP contribution >= 0.6 is 0 Å². The Balaban J connectivity index is 3.16. The fourth-order valence-corrected chi connectivity index (χ4v) is 3.94. The number of unbranched alkanes of at least 4 members (excludes halogenated alkanes) is 2.